The number of hydrogen-bond acceptors (Lipinski definition) is 3. The van der Waals surface area contributed by atoms with Crippen molar-refractivity contribution in [3.8, 4) is 5.75 Å². The summed E-state index contributed by atoms with van der Waals surface area (Å²) >= 11 is 0. The molecule has 1 aliphatic heterocycles. The molecule has 0 aromatic heterocycles. The monoisotopic (exact) mass is 338 g/mol. The van der Waals surface area contributed by atoms with Crippen LogP contribution in [0.4, 0.5) is 0 Å². The molecule has 0 amide bonds. The second kappa shape index (κ2) is 9.59. The molecular formula is C22H30N2O. The first-order valence-corrected chi connectivity index (χ1v) is 9.50. The molecule has 2 aromatic carbocycles. The smallest absolute Gasteiger partial charge is 0.122 e. The van der Waals surface area contributed by atoms with Crippen LogP contribution in [0.5, 0.6) is 5.75 Å². The van der Waals surface area contributed by atoms with Crippen LogP contribution < -0.4 is 10.1 Å². The topological polar surface area (TPSA) is 24.5 Å². The molecule has 0 aliphatic carbocycles. The van der Waals surface area contributed by atoms with Gasteiger partial charge in [-0.2, -0.15) is 0 Å². The van der Waals surface area contributed by atoms with E-state index < -0.39 is 0 Å². The molecule has 0 spiro atoms. The van der Waals surface area contributed by atoms with Crippen molar-refractivity contribution in [2.24, 2.45) is 0 Å². The fourth-order valence-corrected chi connectivity index (χ4v) is 3.28. The van der Waals surface area contributed by atoms with Gasteiger partial charge in [0.1, 0.15) is 12.4 Å². The van der Waals surface area contributed by atoms with Gasteiger partial charge in [-0.15, -0.1) is 0 Å². The highest BCUT2D eigenvalue weighted by molar-refractivity contribution is 5.33. The lowest BCUT2D eigenvalue weighted by Crippen LogP contribution is -2.43. The minimum absolute atomic E-state index is 0.637. The van der Waals surface area contributed by atoms with Crippen LogP contribution in [0.15, 0.2) is 48.5 Å². The molecule has 3 rings (SSSR count). The van der Waals surface area contributed by atoms with Gasteiger partial charge in [-0.05, 0) is 49.9 Å². The molecule has 0 saturated carbocycles. The van der Waals surface area contributed by atoms with E-state index in [1.165, 1.54) is 49.2 Å². The van der Waals surface area contributed by atoms with Crippen molar-refractivity contribution in [3.63, 3.8) is 0 Å². The molecule has 1 N–H and O–H groups in total. The standard InChI is InChI=1S/C22H30N2O/c1-19-9-11-20(12-10-19)18-25-22-8-3-2-6-21(22)7-4-5-15-24-16-13-23-14-17-24/h2-3,6,8-12,23H,4-5,7,13-18H2,1H3. The van der Waals surface area contributed by atoms with E-state index in [2.05, 4.69) is 65.7 Å². The zero-order valence-corrected chi connectivity index (χ0v) is 15.3. The molecule has 0 radical (unpaired) electrons. The molecule has 0 atom stereocenters. The Morgan fingerprint density at radius 2 is 1.72 bits per heavy atom. The third-order valence-electron chi connectivity index (χ3n) is 4.87. The van der Waals surface area contributed by atoms with Gasteiger partial charge < -0.3 is 15.0 Å². The highest BCUT2D eigenvalue weighted by Gasteiger charge is 2.09. The lowest BCUT2D eigenvalue weighted by Gasteiger charge is -2.27. The van der Waals surface area contributed by atoms with Gasteiger partial charge in [0.2, 0.25) is 0 Å². The van der Waals surface area contributed by atoms with Gasteiger partial charge >= 0.3 is 0 Å². The minimum atomic E-state index is 0.637. The van der Waals surface area contributed by atoms with Crippen molar-refractivity contribution in [2.75, 3.05) is 32.7 Å². The first kappa shape index (κ1) is 18.0. The molecule has 2 aromatic rings. The lowest BCUT2D eigenvalue weighted by molar-refractivity contribution is 0.236. The van der Waals surface area contributed by atoms with Crippen LogP contribution in [-0.2, 0) is 13.0 Å². The number of nitrogens with zero attached hydrogens (tertiary/aromatic N) is 1. The Morgan fingerprint density at radius 3 is 2.52 bits per heavy atom. The summed E-state index contributed by atoms with van der Waals surface area (Å²) in [5.74, 6) is 1.03. The van der Waals surface area contributed by atoms with Gasteiger partial charge in [-0.1, -0.05) is 48.0 Å². The number of ether oxygens (including phenoxy) is 1. The summed E-state index contributed by atoms with van der Waals surface area (Å²) in [5, 5.41) is 3.41. The SMILES string of the molecule is Cc1ccc(COc2ccccc2CCCCN2CCNCC2)cc1. The number of aryl methyl sites for hydroxylation is 2. The zero-order valence-electron chi connectivity index (χ0n) is 15.3. The van der Waals surface area contributed by atoms with Crippen molar-refractivity contribution in [2.45, 2.75) is 32.8 Å². The number of unbranched alkanes of at least 4 members (excludes halogenated alkanes) is 1. The molecule has 0 bridgehead atoms. The summed E-state index contributed by atoms with van der Waals surface area (Å²) in [7, 11) is 0. The van der Waals surface area contributed by atoms with Crippen LogP contribution in [0, 0.1) is 6.92 Å². The van der Waals surface area contributed by atoms with E-state index in [0.717, 1.165) is 25.3 Å². The van der Waals surface area contributed by atoms with E-state index in [1.807, 2.05) is 0 Å². The summed E-state index contributed by atoms with van der Waals surface area (Å²) in [6, 6.07) is 17.0. The number of rotatable bonds is 8. The van der Waals surface area contributed by atoms with E-state index in [4.69, 9.17) is 4.74 Å². The molecule has 25 heavy (non-hydrogen) atoms. The second-order valence-corrected chi connectivity index (χ2v) is 6.93. The molecule has 3 nitrogen and oxygen atoms in total. The number of piperazine rings is 1. The summed E-state index contributed by atoms with van der Waals surface area (Å²) in [6.07, 6.45) is 3.57. The van der Waals surface area contributed by atoms with E-state index in [1.54, 1.807) is 0 Å². The molecule has 0 unspecified atom stereocenters. The molecule has 1 fully saturated rings. The maximum absolute atomic E-state index is 6.09. The Labute approximate surface area is 152 Å². The average Bonchev–Trinajstić information content (AvgIpc) is 2.66. The minimum Gasteiger partial charge on any atom is -0.489 e. The first-order chi connectivity index (χ1) is 12.3. The molecule has 1 heterocycles. The van der Waals surface area contributed by atoms with E-state index in [9.17, 15) is 0 Å². The van der Waals surface area contributed by atoms with Crippen molar-refractivity contribution in [1.82, 2.24) is 10.2 Å². The average molecular weight is 338 g/mol. The van der Waals surface area contributed by atoms with Crippen LogP contribution in [-0.4, -0.2) is 37.6 Å². The molecular weight excluding hydrogens is 308 g/mol. The highest BCUT2D eigenvalue weighted by atomic mass is 16.5. The maximum atomic E-state index is 6.09. The van der Waals surface area contributed by atoms with Crippen molar-refractivity contribution < 1.29 is 4.74 Å². The Balaban J connectivity index is 1.45. The van der Waals surface area contributed by atoms with E-state index in [-0.39, 0.29) is 0 Å². The summed E-state index contributed by atoms with van der Waals surface area (Å²) in [5.41, 5.74) is 3.84. The van der Waals surface area contributed by atoms with Gasteiger partial charge in [0.05, 0.1) is 0 Å². The van der Waals surface area contributed by atoms with Crippen LogP contribution in [0.2, 0.25) is 0 Å². The van der Waals surface area contributed by atoms with Crippen LogP contribution in [0.25, 0.3) is 0 Å². The molecule has 1 aliphatic rings. The van der Waals surface area contributed by atoms with Crippen molar-refractivity contribution >= 4 is 0 Å². The van der Waals surface area contributed by atoms with Crippen molar-refractivity contribution in [1.29, 1.82) is 0 Å². The van der Waals surface area contributed by atoms with Crippen LogP contribution in [0.3, 0.4) is 0 Å². The largest absolute Gasteiger partial charge is 0.489 e. The zero-order chi connectivity index (χ0) is 17.3. The van der Waals surface area contributed by atoms with Gasteiger partial charge in [0.25, 0.3) is 0 Å². The Bertz CT molecular complexity index is 633. The quantitative estimate of drug-likeness (QED) is 0.741. The van der Waals surface area contributed by atoms with Crippen LogP contribution in [0.1, 0.15) is 29.5 Å². The normalized spacial score (nSPS) is 15.2. The predicted molar refractivity (Wildman–Crippen MR) is 104 cm³/mol. The van der Waals surface area contributed by atoms with Gasteiger partial charge in [0.15, 0.2) is 0 Å². The first-order valence-electron chi connectivity index (χ1n) is 9.50. The number of benzene rings is 2. The van der Waals surface area contributed by atoms with E-state index in [0.29, 0.717) is 6.61 Å². The fourth-order valence-electron chi connectivity index (χ4n) is 3.28. The third-order valence-corrected chi connectivity index (χ3v) is 4.87. The van der Waals surface area contributed by atoms with Gasteiger partial charge in [0, 0.05) is 26.2 Å². The fraction of sp³-hybridized carbons (Fsp3) is 0.455. The highest BCUT2D eigenvalue weighted by Crippen LogP contribution is 2.21. The maximum Gasteiger partial charge on any atom is 0.122 e. The van der Waals surface area contributed by atoms with Crippen LogP contribution >= 0.6 is 0 Å². The third kappa shape index (κ3) is 5.87. The van der Waals surface area contributed by atoms with Crippen molar-refractivity contribution in [3.05, 3.63) is 65.2 Å². The van der Waals surface area contributed by atoms with E-state index >= 15 is 0 Å². The second-order valence-electron chi connectivity index (χ2n) is 6.93. The lowest BCUT2D eigenvalue weighted by atomic mass is 10.1. The molecule has 3 heteroatoms. The molecule has 1 saturated heterocycles. The number of hydrogen-bond donors (Lipinski definition) is 1. The summed E-state index contributed by atoms with van der Waals surface area (Å²) in [4.78, 5) is 2.57. The number of para-hydroxylation sites is 1. The summed E-state index contributed by atoms with van der Waals surface area (Å²) in [6.45, 7) is 8.62. The Hall–Kier alpha value is -1.84. The van der Waals surface area contributed by atoms with Gasteiger partial charge in [-0.25, -0.2) is 0 Å². The predicted octanol–water partition coefficient (Wildman–Crippen LogP) is 3.80. The summed E-state index contributed by atoms with van der Waals surface area (Å²) < 4.78 is 6.09. The Kier molecular flexibility index (Phi) is 6.89. The Morgan fingerprint density at radius 1 is 0.960 bits per heavy atom. The number of nitrogens with one attached hydrogen (secondary N) is 1. The van der Waals surface area contributed by atoms with Gasteiger partial charge in [-0.3, -0.25) is 0 Å². The molecule has 134 valence electrons.